The average Bonchev–Trinajstić information content (AvgIpc) is 2.91. The Labute approximate surface area is 125 Å². The Kier molecular flexibility index (Phi) is 3.93. The molecule has 3 heteroatoms. The molecule has 0 bridgehead atoms. The van der Waals surface area contributed by atoms with Gasteiger partial charge in [0.05, 0.1) is 6.61 Å². The first kappa shape index (κ1) is 14.1. The minimum atomic E-state index is -0.189. The predicted molar refractivity (Wildman–Crippen MR) is 82.2 cm³/mol. The molecule has 0 aliphatic carbocycles. The van der Waals surface area contributed by atoms with E-state index in [-0.39, 0.29) is 17.8 Å². The molecule has 0 saturated carbocycles. The Bertz CT molecular complexity index is 641. The monoisotopic (exact) mass is 285 g/mol. The molecule has 110 valence electrons. The fraction of sp³-hybridized carbons (Fsp3) is 0.333. The summed E-state index contributed by atoms with van der Waals surface area (Å²) >= 11 is 0. The lowest BCUT2D eigenvalue weighted by atomic mass is 9.86. The van der Waals surface area contributed by atoms with Gasteiger partial charge >= 0.3 is 0 Å². The number of fused-ring (bicyclic) bond motifs is 1. The first-order valence-electron chi connectivity index (χ1n) is 7.42. The molecule has 1 aliphatic rings. The maximum atomic E-state index is 13.7. The van der Waals surface area contributed by atoms with E-state index < -0.39 is 0 Å². The number of rotatable bonds is 4. The fourth-order valence-electron chi connectivity index (χ4n) is 3.10. The molecule has 1 N–H and O–H groups in total. The molecule has 2 aromatic rings. The molecule has 0 amide bonds. The lowest BCUT2D eigenvalue weighted by molar-refractivity contribution is 0.300. The highest BCUT2D eigenvalue weighted by molar-refractivity contribution is 5.43. The molecule has 0 radical (unpaired) electrons. The standard InChI is InChI=1S/C18H20FNO/c1-3-20-18(15-10-13(19)9-8-12(15)2)16-11-21-17-7-5-4-6-14(16)17/h4-10,16,18,20H,3,11H2,1-2H3. The molecule has 3 rings (SSSR count). The van der Waals surface area contributed by atoms with E-state index in [1.807, 2.05) is 31.2 Å². The number of nitrogens with one attached hydrogen (secondary N) is 1. The van der Waals surface area contributed by atoms with E-state index in [9.17, 15) is 4.39 Å². The van der Waals surface area contributed by atoms with Crippen LogP contribution in [0.4, 0.5) is 4.39 Å². The molecule has 2 unspecified atom stereocenters. The molecule has 1 heterocycles. The number of aryl methyl sites for hydroxylation is 1. The second kappa shape index (κ2) is 5.86. The summed E-state index contributed by atoms with van der Waals surface area (Å²) < 4.78 is 19.5. The van der Waals surface area contributed by atoms with Crippen LogP contribution in [0.1, 0.15) is 35.6 Å². The second-order valence-corrected chi connectivity index (χ2v) is 5.49. The number of halogens is 1. The van der Waals surface area contributed by atoms with Crippen LogP contribution in [0.25, 0.3) is 0 Å². The van der Waals surface area contributed by atoms with Crippen LogP contribution in [0, 0.1) is 12.7 Å². The van der Waals surface area contributed by atoms with E-state index in [1.54, 1.807) is 6.07 Å². The summed E-state index contributed by atoms with van der Waals surface area (Å²) in [4.78, 5) is 0. The second-order valence-electron chi connectivity index (χ2n) is 5.49. The molecule has 2 nitrogen and oxygen atoms in total. The maximum Gasteiger partial charge on any atom is 0.123 e. The Balaban J connectivity index is 2.01. The molecule has 0 saturated heterocycles. The minimum Gasteiger partial charge on any atom is -0.493 e. The molecule has 2 atom stereocenters. The van der Waals surface area contributed by atoms with Crippen LogP contribution in [0.2, 0.25) is 0 Å². The molecule has 21 heavy (non-hydrogen) atoms. The molecule has 0 spiro atoms. The van der Waals surface area contributed by atoms with E-state index >= 15 is 0 Å². The molecule has 1 aliphatic heterocycles. The molecular weight excluding hydrogens is 265 g/mol. The quantitative estimate of drug-likeness (QED) is 0.918. The van der Waals surface area contributed by atoms with Gasteiger partial charge in [0.15, 0.2) is 0 Å². The van der Waals surface area contributed by atoms with Gasteiger partial charge < -0.3 is 10.1 Å². The van der Waals surface area contributed by atoms with Gasteiger partial charge in [-0.1, -0.05) is 31.2 Å². The van der Waals surface area contributed by atoms with Gasteiger partial charge in [0, 0.05) is 17.5 Å². The van der Waals surface area contributed by atoms with Gasteiger partial charge in [-0.15, -0.1) is 0 Å². The third-order valence-electron chi connectivity index (χ3n) is 4.14. The number of benzene rings is 2. The fourth-order valence-corrected chi connectivity index (χ4v) is 3.10. The summed E-state index contributed by atoms with van der Waals surface area (Å²) in [5, 5.41) is 3.50. The van der Waals surface area contributed by atoms with E-state index in [0.717, 1.165) is 23.4 Å². The van der Waals surface area contributed by atoms with Crippen LogP contribution in [0.3, 0.4) is 0 Å². The van der Waals surface area contributed by atoms with Gasteiger partial charge in [0.2, 0.25) is 0 Å². The third kappa shape index (κ3) is 2.66. The van der Waals surface area contributed by atoms with Crippen molar-refractivity contribution < 1.29 is 9.13 Å². The van der Waals surface area contributed by atoms with Gasteiger partial charge in [-0.3, -0.25) is 0 Å². The van der Waals surface area contributed by atoms with Crippen molar-refractivity contribution in [3.05, 3.63) is 65.0 Å². The number of hydrogen-bond acceptors (Lipinski definition) is 2. The van der Waals surface area contributed by atoms with Crippen molar-refractivity contribution >= 4 is 0 Å². The van der Waals surface area contributed by atoms with Crippen molar-refractivity contribution in [2.75, 3.05) is 13.2 Å². The van der Waals surface area contributed by atoms with Crippen molar-refractivity contribution in [1.29, 1.82) is 0 Å². The molecular formula is C18H20FNO. The lowest BCUT2D eigenvalue weighted by Gasteiger charge is -2.26. The average molecular weight is 285 g/mol. The van der Waals surface area contributed by atoms with E-state index in [1.165, 1.54) is 11.6 Å². The summed E-state index contributed by atoms with van der Waals surface area (Å²) in [6, 6.07) is 13.2. The summed E-state index contributed by atoms with van der Waals surface area (Å²) in [5.74, 6) is 0.965. The van der Waals surface area contributed by atoms with E-state index in [4.69, 9.17) is 4.74 Å². The summed E-state index contributed by atoms with van der Waals surface area (Å²) in [7, 11) is 0. The van der Waals surface area contributed by atoms with Crippen molar-refractivity contribution in [2.24, 2.45) is 0 Å². The SMILES string of the molecule is CCNC(c1cc(F)ccc1C)C1COc2ccccc21. The summed E-state index contributed by atoms with van der Waals surface area (Å²) in [6.07, 6.45) is 0. The zero-order valence-electron chi connectivity index (χ0n) is 12.4. The molecule has 0 aromatic heterocycles. The van der Waals surface area contributed by atoms with Crippen molar-refractivity contribution in [3.8, 4) is 5.75 Å². The Morgan fingerprint density at radius 3 is 2.90 bits per heavy atom. The van der Waals surface area contributed by atoms with Crippen LogP contribution in [-0.4, -0.2) is 13.2 Å². The smallest absolute Gasteiger partial charge is 0.123 e. The number of para-hydroxylation sites is 1. The first-order valence-corrected chi connectivity index (χ1v) is 7.42. The zero-order chi connectivity index (χ0) is 14.8. The summed E-state index contributed by atoms with van der Waals surface area (Å²) in [5.41, 5.74) is 3.32. The van der Waals surface area contributed by atoms with Gasteiger partial charge in [0.25, 0.3) is 0 Å². The lowest BCUT2D eigenvalue weighted by Crippen LogP contribution is -2.28. The van der Waals surface area contributed by atoms with Gasteiger partial charge in [0.1, 0.15) is 11.6 Å². The van der Waals surface area contributed by atoms with Crippen LogP contribution >= 0.6 is 0 Å². The van der Waals surface area contributed by atoms with Crippen LogP contribution < -0.4 is 10.1 Å². The topological polar surface area (TPSA) is 21.3 Å². The van der Waals surface area contributed by atoms with Crippen molar-refractivity contribution in [2.45, 2.75) is 25.8 Å². The van der Waals surface area contributed by atoms with Crippen molar-refractivity contribution in [1.82, 2.24) is 5.32 Å². The normalized spacial score (nSPS) is 18.1. The first-order chi connectivity index (χ1) is 10.2. The Morgan fingerprint density at radius 2 is 2.10 bits per heavy atom. The maximum absolute atomic E-state index is 13.7. The number of hydrogen-bond donors (Lipinski definition) is 1. The van der Waals surface area contributed by atoms with Crippen LogP contribution in [-0.2, 0) is 0 Å². The van der Waals surface area contributed by atoms with E-state index in [2.05, 4.69) is 18.3 Å². The minimum absolute atomic E-state index is 0.0642. The van der Waals surface area contributed by atoms with Gasteiger partial charge in [-0.25, -0.2) is 4.39 Å². The van der Waals surface area contributed by atoms with Crippen molar-refractivity contribution in [3.63, 3.8) is 0 Å². The van der Waals surface area contributed by atoms with Gasteiger partial charge in [-0.05, 0) is 42.8 Å². The number of ether oxygens (including phenoxy) is 1. The third-order valence-corrected chi connectivity index (χ3v) is 4.14. The van der Waals surface area contributed by atoms with Crippen LogP contribution in [0.15, 0.2) is 42.5 Å². The zero-order valence-corrected chi connectivity index (χ0v) is 12.4. The predicted octanol–water partition coefficient (Wildman–Crippen LogP) is 3.96. The van der Waals surface area contributed by atoms with E-state index in [0.29, 0.717) is 6.61 Å². The molecule has 0 fully saturated rings. The highest BCUT2D eigenvalue weighted by Gasteiger charge is 2.32. The largest absolute Gasteiger partial charge is 0.493 e. The van der Waals surface area contributed by atoms with Gasteiger partial charge in [-0.2, -0.15) is 0 Å². The summed E-state index contributed by atoms with van der Waals surface area (Å²) in [6.45, 7) is 5.57. The van der Waals surface area contributed by atoms with Crippen LogP contribution in [0.5, 0.6) is 5.75 Å². The highest BCUT2D eigenvalue weighted by atomic mass is 19.1. The highest BCUT2D eigenvalue weighted by Crippen LogP contribution is 2.41. The Morgan fingerprint density at radius 1 is 1.29 bits per heavy atom. The number of likely N-dealkylation sites (N-methyl/N-ethyl adjacent to an activating group) is 1. The Hall–Kier alpha value is -1.87. The molecule has 2 aromatic carbocycles.